The van der Waals surface area contributed by atoms with Crippen molar-refractivity contribution in [1.82, 2.24) is 9.97 Å². The van der Waals surface area contributed by atoms with Crippen molar-refractivity contribution in [1.29, 1.82) is 10.5 Å². The molecule has 1 N–H and O–H groups in total. The van der Waals surface area contributed by atoms with Crippen molar-refractivity contribution < 1.29 is 0 Å². The molecule has 0 radical (unpaired) electrons. The minimum Gasteiger partial charge on any atom is -0.305 e. The van der Waals surface area contributed by atoms with E-state index in [1.54, 1.807) is 41.7 Å². The molecule has 4 rings (SSSR count). The number of aryl methyl sites for hydroxylation is 2. The average Bonchev–Trinajstić information content (AvgIpc) is 3.05. The zero-order valence-corrected chi connectivity index (χ0v) is 14.7. The van der Waals surface area contributed by atoms with Gasteiger partial charge in [-0.25, -0.2) is 4.98 Å². The quantitative estimate of drug-likeness (QED) is 0.705. The summed E-state index contributed by atoms with van der Waals surface area (Å²) in [6.07, 6.45) is 5.83. The highest BCUT2D eigenvalue weighted by Gasteiger charge is 2.20. The van der Waals surface area contributed by atoms with Gasteiger partial charge < -0.3 is 4.98 Å². The molecule has 2 heterocycles. The molecule has 1 aliphatic carbocycles. The Balaban J connectivity index is 1.81. The van der Waals surface area contributed by atoms with Gasteiger partial charge in [-0.15, -0.1) is 11.3 Å². The number of nitrogens with zero attached hydrogens (tertiary/aromatic N) is 3. The first-order valence-corrected chi connectivity index (χ1v) is 9.18. The largest absolute Gasteiger partial charge is 0.305 e. The maximum absolute atomic E-state index is 12.6. The summed E-state index contributed by atoms with van der Waals surface area (Å²) in [6, 6.07) is 11.1. The summed E-state index contributed by atoms with van der Waals surface area (Å²) >= 11 is 1.56. The van der Waals surface area contributed by atoms with Crippen molar-refractivity contribution in [3.8, 4) is 12.1 Å². The molecule has 6 heteroatoms. The summed E-state index contributed by atoms with van der Waals surface area (Å²) in [5.74, 6) is 0.285. The minimum absolute atomic E-state index is 0.176. The second-order valence-corrected chi connectivity index (χ2v) is 7.29. The smallest absolute Gasteiger partial charge is 0.260 e. The van der Waals surface area contributed by atoms with Crippen LogP contribution in [-0.2, 0) is 12.8 Å². The van der Waals surface area contributed by atoms with Crippen molar-refractivity contribution in [2.24, 2.45) is 0 Å². The number of hydrogen-bond acceptors (Lipinski definition) is 5. The molecule has 3 aromatic rings. The predicted octanol–water partition coefficient (Wildman–Crippen LogP) is 3.80. The van der Waals surface area contributed by atoms with E-state index in [2.05, 4.69) is 22.1 Å². The van der Waals surface area contributed by atoms with E-state index in [4.69, 9.17) is 5.26 Å². The van der Waals surface area contributed by atoms with Crippen LogP contribution in [0.15, 0.2) is 29.1 Å². The molecular weight excluding hydrogens is 344 g/mol. The summed E-state index contributed by atoms with van der Waals surface area (Å²) in [7, 11) is 0. The van der Waals surface area contributed by atoms with E-state index in [0.717, 1.165) is 36.8 Å². The van der Waals surface area contributed by atoms with Gasteiger partial charge in [0.1, 0.15) is 10.9 Å². The van der Waals surface area contributed by atoms with Crippen LogP contribution in [0.25, 0.3) is 21.9 Å². The van der Waals surface area contributed by atoms with E-state index in [-0.39, 0.29) is 11.4 Å². The normalized spacial score (nSPS) is 13.8. The Morgan fingerprint density at radius 3 is 2.69 bits per heavy atom. The first kappa shape index (κ1) is 16.3. The lowest BCUT2D eigenvalue weighted by atomic mass is 9.97. The third kappa shape index (κ3) is 2.81. The first-order valence-electron chi connectivity index (χ1n) is 8.36. The maximum atomic E-state index is 12.6. The highest BCUT2D eigenvalue weighted by molar-refractivity contribution is 7.18. The van der Waals surface area contributed by atoms with Gasteiger partial charge in [-0.3, -0.25) is 4.79 Å². The Bertz CT molecular complexity index is 1170. The maximum Gasteiger partial charge on any atom is 0.260 e. The number of thiophene rings is 1. The third-order valence-corrected chi connectivity index (χ3v) is 5.74. The highest BCUT2D eigenvalue weighted by Crippen LogP contribution is 2.33. The number of fused-ring (bicyclic) bond motifs is 3. The van der Waals surface area contributed by atoms with Gasteiger partial charge in [0, 0.05) is 4.88 Å². The molecule has 0 fully saturated rings. The summed E-state index contributed by atoms with van der Waals surface area (Å²) in [6.45, 7) is 0. The van der Waals surface area contributed by atoms with Crippen LogP contribution in [0.2, 0.25) is 0 Å². The number of aromatic amines is 1. The van der Waals surface area contributed by atoms with Gasteiger partial charge in [0.25, 0.3) is 5.56 Å². The van der Waals surface area contributed by atoms with Gasteiger partial charge in [0.2, 0.25) is 0 Å². The van der Waals surface area contributed by atoms with Gasteiger partial charge >= 0.3 is 0 Å². The van der Waals surface area contributed by atoms with E-state index in [1.165, 1.54) is 4.88 Å². The number of nitrogens with one attached hydrogen (secondary N) is 1. The van der Waals surface area contributed by atoms with Crippen molar-refractivity contribution in [3.05, 3.63) is 62.0 Å². The third-order valence-electron chi connectivity index (χ3n) is 4.55. The number of hydrogen-bond donors (Lipinski definition) is 1. The van der Waals surface area contributed by atoms with Gasteiger partial charge in [0.05, 0.1) is 22.6 Å². The topological polar surface area (TPSA) is 93.3 Å². The van der Waals surface area contributed by atoms with E-state index in [0.29, 0.717) is 21.4 Å². The Labute approximate surface area is 153 Å². The van der Waals surface area contributed by atoms with Crippen LogP contribution in [0.4, 0.5) is 0 Å². The molecule has 0 saturated carbocycles. The van der Waals surface area contributed by atoms with Crippen LogP contribution in [0, 0.1) is 22.7 Å². The minimum atomic E-state index is -0.176. The number of nitriles is 2. The van der Waals surface area contributed by atoms with Crippen LogP contribution in [0.5, 0.6) is 0 Å². The van der Waals surface area contributed by atoms with Crippen LogP contribution in [-0.4, -0.2) is 9.97 Å². The molecule has 0 aliphatic heterocycles. The van der Waals surface area contributed by atoms with Crippen LogP contribution >= 0.6 is 11.3 Å². The van der Waals surface area contributed by atoms with E-state index in [9.17, 15) is 10.1 Å². The van der Waals surface area contributed by atoms with Crippen LogP contribution in [0.1, 0.15) is 40.2 Å². The second-order valence-electron chi connectivity index (χ2n) is 6.21. The SMILES string of the molecule is N#CC(=Cc1ccc(C#N)cc1)c1nc2sc3c(c2c(=O)[nH]1)CCCC3. The fourth-order valence-electron chi connectivity index (χ4n) is 3.27. The average molecular weight is 358 g/mol. The number of allylic oxidation sites excluding steroid dienone is 1. The first-order chi connectivity index (χ1) is 12.7. The molecule has 0 atom stereocenters. The van der Waals surface area contributed by atoms with Gasteiger partial charge in [0.15, 0.2) is 5.82 Å². The summed E-state index contributed by atoms with van der Waals surface area (Å²) in [5, 5.41) is 19.1. The molecule has 0 spiro atoms. The summed E-state index contributed by atoms with van der Waals surface area (Å²) in [4.78, 5) is 21.9. The number of benzene rings is 1. The van der Waals surface area contributed by atoms with Crippen molar-refractivity contribution in [3.63, 3.8) is 0 Å². The Morgan fingerprint density at radius 2 is 1.96 bits per heavy atom. The number of aromatic nitrogens is 2. The van der Waals surface area contributed by atoms with Gasteiger partial charge in [-0.05, 0) is 55.0 Å². The molecule has 1 aromatic carbocycles. The molecule has 26 heavy (non-hydrogen) atoms. The van der Waals surface area contributed by atoms with Crippen molar-refractivity contribution in [2.75, 3.05) is 0 Å². The standard InChI is InChI=1S/C20H14N4OS/c21-10-13-7-5-12(6-8-13)9-14(11-22)18-23-19(25)17-15-3-1-2-4-16(15)26-20(17)24-18/h5-9H,1-4H2,(H,23,24,25). The molecule has 0 bridgehead atoms. The van der Waals surface area contributed by atoms with Crippen LogP contribution in [0.3, 0.4) is 0 Å². The van der Waals surface area contributed by atoms with Gasteiger partial charge in [-0.1, -0.05) is 12.1 Å². The Morgan fingerprint density at radius 1 is 1.19 bits per heavy atom. The van der Waals surface area contributed by atoms with E-state index in [1.807, 2.05) is 0 Å². The lowest BCUT2D eigenvalue weighted by Crippen LogP contribution is -2.12. The van der Waals surface area contributed by atoms with Gasteiger partial charge in [-0.2, -0.15) is 10.5 Å². The van der Waals surface area contributed by atoms with Crippen molar-refractivity contribution in [2.45, 2.75) is 25.7 Å². The fraction of sp³-hybridized carbons (Fsp3) is 0.200. The molecule has 1 aliphatic rings. The molecule has 0 unspecified atom stereocenters. The van der Waals surface area contributed by atoms with E-state index < -0.39 is 0 Å². The second kappa shape index (κ2) is 6.59. The molecule has 5 nitrogen and oxygen atoms in total. The lowest BCUT2D eigenvalue weighted by Gasteiger charge is -2.09. The highest BCUT2D eigenvalue weighted by atomic mass is 32.1. The summed E-state index contributed by atoms with van der Waals surface area (Å²) < 4.78 is 0. The Hall–Kier alpha value is -3.22. The number of H-pyrrole nitrogens is 1. The summed E-state index contributed by atoms with van der Waals surface area (Å²) in [5.41, 5.74) is 2.57. The molecule has 0 amide bonds. The lowest BCUT2D eigenvalue weighted by molar-refractivity contribution is 0.700. The monoisotopic (exact) mass is 358 g/mol. The van der Waals surface area contributed by atoms with Crippen molar-refractivity contribution >= 4 is 33.2 Å². The fourth-order valence-corrected chi connectivity index (χ4v) is 4.53. The predicted molar refractivity (Wildman–Crippen MR) is 102 cm³/mol. The molecular formula is C20H14N4OS. The number of rotatable bonds is 2. The zero-order chi connectivity index (χ0) is 18.1. The zero-order valence-electron chi connectivity index (χ0n) is 13.9. The van der Waals surface area contributed by atoms with E-state index >= 15 is 0 Å². The molecule has 126 valence electrons. The molecule has 2 aromatic heterocycles. The molecule has 0 saturated heterocycles. The van der Waals surface area contributed by atoms with Crippen LogP contribution < -0.4 is 5.56 Å². The Kier molecular flexibility index (Phi) is 4.12.